The summed E-state index contributed by atoms with van der Waals surface area (Å²) in [6, 6.07) is 2.66. The van der Waals surface area contributed by atoms with Gasteiger partial charge in [-0.3, -0.25) is 14.6 Å². The molecule has 0 radical (unpaired) electrons. The highest BCUT2D eigenvalue weighted by atomic mass is 19.4. The van der Waals surface area contributed by atoms with Crippen LogP contribution in [0, 0.1) is 5.92 Å². The molecule has 0 bridgehead atoms. The summed E-state index contributed by atoms with van der Waals surface area (Å²) in [7, 11) is 0. The summed E-state index contributed by atoms with van der Waals surface area (Å²) >= 11 is 0. The van der Waals surface area contributed by atoms with E-state index in [0.717, 1.165) is 18.4 Å². The summed E-state index contributed by atoms with van der Waals surface area (Å²) in [6.45, 7) is 3.30. The van der Waals surface area contributed by atoms with Gasteiger partial charge < -0.3 is 25.7 Å². The summed E-state index contributed by atoms with van der Waals surface area (Å²) < 4.78 is 43.0. The van der Waals surface area contributed by atoms with Gasteiger partial charge >= 0.3 is 6.18 Å². The zero-order valence-electron chi connectivity index (χ0n) is 20.5. The first kappa shape index (κ1) is 26.4. The lowest BCUT2D eigenvalue weighted by atomic mass is 10.0. The van der Waals surface area contributed by atoms with Gasteiger partial charge in [-0.15, -0.1) is 0 Å². The van der Waals surface area contributed by atoms with Crippen molar-refractivity contribution in [3.8, 4) is 11.1 Å². The quantitative estimate of drug-likeness (QED) is 0.361. The highest BCUT2D eigenvalue weighted by Crippen LogP contribution is 2.30. The number of rotatable bonds is 8. The zero-order chi connectivity index (χ0) is 26.6. The van der Waals surface area contributed by atoms with E-state index in [9.17, 15) is 22.8 Å². The number of amides is 2. The third-order valence-corrected chi connectivity index (χ3v) is 6.13. The lowest BCUT2D eigenvalue weighted by molar-refractivity contribution is -0.139. The third-order valence-electron chi connectivity index (χ3n) is 6.13. The van der Waals surface area contributed by atoms with Crippen LogP contribution in [0.25, 0.3) is 22.2 Å². The number of hydrogen-bond acceptors (Lipinski definition) is 6. The van der Waals surface area contributed by atoms with Crippen LogP contribution in [0.5, 0.6) is 0 Å². The molecule has 37 heavy (non-hydrogen) atoms. The lowest BCUT2D eigenvalue weighted by Crippen LogP contribution is -2.46. The molecule has 1 saturated heterocycles. The topological polar surface area (TPSA) is 121 Å². The van der Waals surface area contributed by atoms with Crippen molar-refractivity contribution in [2.75, 3.05) is 25.1 Å². The molecule has 12 heteroatoms. The third kappa shape index (κ3) is 6.76. The number of fused-ring (bicyclic) bond motifs is 1. The molecule has 0 aliphatic carbocycles. The van der Waals surface area contributed by atoms with Crippen LogP contribution in [0.4, 0.5) is 18.9 Å². The summed E-state index contributed by atoms with van der Waals surface area (Å²) in [6.07, 6.45) is 3.39. The minimum Gasteiger partial charge on any atom is -0.381 e. The van der Waals surface area contributed by atoms with Crippen LogP contribution in [-0.2, 0) is 9.53 Å². The maximum atomic E-state index is 12.8. The molecule has 0 saturated carbocycles. The molecule has 3 aromatic rings. The van der Waals surface area contributed by atoms with Crippen molar-refractivity contribution in [3.05, 3.63) is 42.5 Å². The number of H-pyrrole nitrogens is 1. The van der Waals surface area contributed by atoms with Crippen LogP contribution in [0.15, 0.2) is 36.9 Å². The Bertz CT molecular complexity index is 1250. The second kappa shape index (κ2) is 11.2. The van der Waals surface area contributed by atoms with Crippen molar-refractivity contribution >= 4 is 28.5 Å². The summed E-state index contributed by atoms with van der Waals surface area (Å²) in [5, 5.41) is 8.66. The number of aromatic amines is 1. The maximum Gasteiger partial charge on any atom is 0.405 e. The van der Waals surface area contributed by atoms with Crippen molar-refractivity contribution in [3.63, 3.8) is 0 Å². The number of carbonyl (C=O) groups excluding carboxylic acids is 2. The molecule has 0 spiro atoms. The lowest BCUT2D eigenvalue weighted by Gasteiger charge is -2.23. The fourth-order valence-electron chi connectivity index (χ4n) is 4.16. The van der Waals surface area contributed by atoms with Crippen LogP contribution >= 0.6 is 0 Å². The van der Waals surface area contributed by atoms with Crippen LogP contribution in [0.2, 0.25) is 0 Å². The number of alkyl halides is 3. The van der Waals surface area contributed by atoms with Gasteiger partial charge in [0.2, 0.25) is 5.91 Å². The predicted molar refractivity (Wildman–Crippen MR) is 132 cm³/mol. The molecule has 198 valence electrons. The minimum absolute atomic E-state index is 0.0526. The first-order valence-electron chi connectivity index (χ1n) is 12.0. The zero-order valence-corrected chi connectivity index (χ0v) is 20.5. The molecule has 2 amide bonds. The van der Waals surface area contributed by atoms with Crippen molar-refractivity contribution in [2.45, 2.75) is 44.9 Å². The van der Waals surface area contributed by atoms with E-state index in [2.05, 4.69) is 25.6 Å². The fraction of sp³-hybridized carbons (Fsp3) is 0.440. The normalized spacial score (nSPS) is 15.5. The molecule has 1 fully saturated rings. The number of nitrogens with one attached hydrogen (secondary N) is 4. The molecule has 1 atom stereocenters. The first-order valence-corrected chi connectivity index (χ1v) is 12.0. The Morgan fingerprint density at radius 1 is 1.16 bits per heavy atom. The average molecular weight is 519 g/mol. The highest BCUT2D eigenvalue weighted by molar-refractivity contribution is 6.01. The molecule has 4 rings (SSSR count). The summed E-state index contributed by atoms with van der Waals surface area (Å²) in [5.41, 5.74) is 2.89. The predicted octanol–water partition coefficient (Wildman–Crippen LogP) is 3.65. The SMILES string of the molecule is CC(C)[C@@H](Nc1cncc(-c2c[nH]c3ncc(C(=O)NC4CCOCC4)cc23)c1)C(=O)NCC(F)(F)F. The number of halogens is 3. The van der Waals surface area contributed by atoms with Gasteiger partial charge in [0.15, 0.2) is 0 Å². The molecule has 4 heterocycles. The van der Waals surface area contributed by atoms with E-state index < -0.39 is 24.7 Å². The van der Waals surface area contributed by atoms with Gasteiger partial charge in [-0.1, -0.05) is 13.8 Å². The molecular formula is C25H29F3N6O3. The Hall–Kier alpha value is -3.67. The molecule has 0 unspecified atom stereocenters. The molecule has 3 aromatic heterocycles. The van der Waals surface area contributed by atoms with E-state index in [-0.39, 0.29) is 17.9 Å². The van der Waals surface area contributed by atoms with Gasteiger partial charge in [0.05, 0.1) is 11.3 Å². The van der Waals surface area contributed by atoms with E-state index >= 15 is 0 Å². The highest BCUT2D eigenvalue weighted by Gasteiger charge is 2.30. The average Bonchev–Trinajstić information content (AvgIpc) is 3.29. The standard InChI is InChI=1S/C25H29F3N6O3/c1-14(2)21(24(36)32-13-25(26,27)28)33-18-7-15(9-29-11-18)20-12-31-22-19(20)8-16(10-30-22)23(35)34-17-3-5-37-6-4-17/h7-12,14,17,21,33H,3-6,13H2,1-2H3,(H,30,31)(H,32,36)(H,34,35)/t21-/m1/s1. The Morgan fingerprint density at radius 3 is 2.62 bits per heavy atom. The van der Waals surface area contributed by atoms with Gasteiger partial charge in [-0.25, -0.2) is 4.98 Å². The number of nitrogens with zero attached hydrogens (tertiary/aromatic N) is 2. The summed E-state index contributed by atoms with van der Waals surface area (Å²) in [4.78, 5) is 36.9. The Morgan fingerprint density at radius 2 is 1.92 bits per heavy atom. The number of aromatic nitrogens is 3. The fourth-order valence-corrected chi connectivity index (χ4v) is 4.16. The van der Waals surface area contributed by atoms with Crippen molar-refractivity contribution < 1.29 is 27.5 Å². The molecule has 4 N–H and O–H groups in total. The number of pyridine rings is 2. The molecule has 1 aliphatic heterocycles. The van der Waals surface area contributed by atoms with E-state index in [0.29, 0.717) is 41.1 Å². The van der Waals surface area contributed by atoms with E-state index in [1.54, 1.807) is 38.4 Å². The van der Waals surface area contributed by atoms with Gasteiger partial charge in [-0.2, -0.15) is 13.2 Å². The Kier molecular flexibility index (Phi) is 7.96. The van der Waals surface area contributed by atoms with E-state index in [4.69, 9.17) is 4.74 Å². The molecular weight excluding hydrogens is 489 g/mol. The number of ether oxygens (including phenoxy) is 1. The number of carbonyl (C=O) groups is 2. The molecule has 9 nitrogen and oxygen atoms in total. The smallest absolute Gasteiger partial charge is 0.381 e. The maximum absolute atomic E-state index is 12.8. The van der Waals surface area contributed by atoms with Crippen molar-refractivity contribution in [1.29, 1.82) is 0 Å². The second-order valence-corrected chi connectivity index (χ2v) is 9.34. The Balaban J connectivity index is 1.54. The van der Waals surface area contributed by atoms with E-state index in [1.807, 2.05) is 5.32 Å². The van der Waals surface area contributed by atoms with Gasteiger partial charge in [0.25, 0.3) is 5.91 Å². The van der Waals surface area contributed by atoms with Crippen LogP contribution in [0.3, 0.4) is 0 Å². The second-order valence-electron chi connectivity index (χ2n) is 9.34. The van der Waals surface area contributed by atoms with Crippen LogP contribution in [0.1, 0.15) is 37.0 Å². The van der Waals surface area contributed by atoms with Crippen LogP contribution < -0.4 is 16.0 Å². The number of anilines is 1. The van der Waals surface area contributed by atoms with Gasteiger partial charge in [-0.05, 0) is 30.9 Å². The van der Waals surface area contributed by atoms with Crippen LogP contribution in [-0.4, -0.2) is 64.8 Å². The van der Waals surface area contributed by atoms with E-state index in [1.165, 1.54) is 12.4 Å². The first-order chi connectivity index (χ1) is 17.6. The molecule has 1 aliphatic rings. The van der Waals surface area contributed by atoms with Gasteiger partial charge in [0.1, 0.15) is 18.2 Å². The van der Waals surface area contributed by atoms with Gasteiger partial charge in [0, 0.05) is 60.6 Å². The molecule has 0 aromatic carbocycles. The Labute approximate surface area is 211 Å². The number of hydrogen-bond donors (Lipinski definition) is 4. The van der Waals surface area contributed by atoms with Crippen molar-refractivity contribution in [1.82, 2.24) is 25.6 Å². The largest absolute Gasteiger partial charge is 0.405 e. The monoisotopic (exact) mass is 518 g/mol. The summed E-state index contributed by atoms with van der Waals surface area (Å²) in [5.74, 6) is -1.26. The minimum atomic E-state index is -4.50. The van der Waals surface area contributed by atoms with Crippen molar-refractivity contribution in [2.24, 2.45) is 5.92 Å².